The lowest BCUT2D eigenvalue weighted by atomic mass is 10.0. The van der Waals surface area contributed by atoms with Crippen molar-refractivity contribution in [3.8, 4) is 0 Å². The summed E-state index contributed by atoms with van der Waals surface area (Å²) >= 11 is 0. The van der Waals surface area contributed by atoms with Crippen molar-refractivity contribution in [2.75, 3.05) is 24.5 Å². The third kappa shape index (κ3) is 3.61. The Balaban J connectivity index is 1.62. The molecule has 1 aromatic rings. The summed E-state index contributed by atoms with van der Waals surface area (Å²) in [4.78, 5) is 14.8. The van der Waals surface area contributed by atoms with Crippen molar-refractivity contribution < 1.29 is 4.79 Å². The summed E-state index contributed by atoms with van der Waals surface area (Å²) in [5.41, 5.74) is 2.47. The zero-order valence-corrected chi connectivity index (χ0v) is 13.5. The Hall–Kier alpha value is -1.55. The lowest BCUT2D eigenvalue weighted by molar-refractivity contribution is -0.124. The summed E-state index contributed by atoms with van der Waals surface area (Å²) < 4.78 is 0. The number of hydrogen-bond donors (Lipinski definition) is 2. The highest BCUT2D eigenvalue weighted by Gasteiger charge is 2.22. The molecule has 2 atom stereocenters. The molecule has 0 saturated carbocycles. The second-order valence-corrected chi connectivity index (χ2v) is 6.52. The van der Waals surface area contributed by atoms with E-state index in [4.69, 9.17) is 0 Å². The Morgan fingerprint density at radius 2 is 2.09 bits per heavy atom. The summed E-state index contributed by atoms with van der Waals surface area (Å²) in [5.74, 6) is 0.138. The summed E-state index contributed by atoms with van der Waals surface area (Å²) in [6.07, 6.45) is 5.83. The molecular formula is C18H27N3O. The van der Waals surface area contributed by atoms with Gasteiger partial charge in [0.05, 0.1) is 12.1 Å². The van der Waals surface area contributed by atoms with Crippen LogP contribution < -0.4 is 15.5 Å². The fourth-order valence-corrected chi connectivity index (χ4v) is 3.44. The van der Waals surface area contributed by atoms with Crippen molar-refractivity contribution in [3.63, 3.8) is 0 Å². The number of nitrogens with one attached hydrogen (secondary N) is 2. The van der Waals surface area contributed by atoms with E-state index in [9.17, 15) is 4.79 Å². The smallest absolute Gasteiger partial charge is 0.237 e. The molecule has 0 bridgehead atoms. The molecule has 1 aromatic carbocycles. The topological polar surface area (TPSA) is 44.4 Å². The highest BCUT2D eigenvalue weighted by Crippen LogP contribution is 2.24. The predicted octanol–water partition coefficient (Wildman–Crippen LogP) is 2.61. The number of carbonyl (C=O) groups excluding carboxylic acids is 1. The minimum absolute atomic E-state index is 0.0158. The summed E-state index contributed by atoms with van der Waals surface area (Å²) in [6.45, 7) is 5.33. The van der Waals surface area contributed by atoms with Crippen LogP contribution in [-0.4, -0.2) is 31.6 Å². The van der Waals surface area contributed by atoms with E-state index in [0.29, 0.717) is 0 Å². The van der Waals surface area contributed by atoms with E-state index in [-0.39, 0.29) is 18.0 Å². The van der Waals surface area contributed by atoms with E-state index in [1.54, 1.807) is 0 Å². The van der Waals surface area contributed by atoms with Crippen molar-refractivity contribution in [3.05, 3.63) is 29.8 Å². The van der Waals surface area contributed by atoms with Crippen molar-refractivity contribution in [1.82, 2.24) is 10.6 Å². The first-order valence-corrected chi connectivity index (χ1v) is 8.63. The molecule has 1 amide bonds. The van der Waals surface area contributed by atoms with Crippen LogP contribution in [-0.2, 0) is 4.79 Å². The van der Waals surface area contributed by atoms with E-state index in [0.717, 1.165) is 32.5 Å². The van der Waals surface area contributed by atoms with Gasteiger partial charge in [-0.15, -0.1) is 0 Å². The van der Waals surface area contributed by atoms with Crippen LogP contribution in [0, 0.1) is 0 Å². The van der Waals surface area contributed by atoms with Gasteiger partial charge < -0.3 is 15.5 Å². The van der Waals surface area contributed by atoms with Gasteiger partial charge >= 0.3 is 0 Å². The molecule has 1 unspecified atom stereocenters. The molecule has 2 fully saturated rings. The van der Waals surface area contributed by atoms with Crippen LogP contribution >= 0.6 is 0 Å². The van der Waals surface area contributed by atoms with E-state index in [1.807, 2.05) is 0 Å². The minimum Gasteiger partial charge on any atom is -0.372 e. The van der Waals surface area contributed by atoms with Crippen molar-refractivity contribution >= 4 is 11.6 Å². The first kappa shape index (κ1) is 15.3. The minimum atomic E-state index is -0.0158. The Kier molecular flexibility index (Phi) is 4.98. The van der Waals surface area contributed by atoms with Crippen LogP contribution in [0.15, 0.2) is 24.3 Å². The second-order valence-electron chi connectivity index (χ2n) is 6.52. The molecule has 2 N–H and O–H groups in total. The largest absolute Gasteiger partial charge is 0.372 e. The van der Waals surface area contributed by atoms with Crippen LogP contribution in [0.2, 0.25) is 0 Å². The fourth-order valence-electron chi connectivity index (χ4n) is 3.44. The fraction of sp³-hybridized carbons (Fsp3) is 0.611. The molecule has 3 rings (SSSR count). The number of carbonyl (C=O) groups is 1. The molecule has 2 saturated heterocycles. The molecule has 0 radical (unpaired) electrons. The molecule has 2 aliphatic heterocycles. The molecule has 0 aliphatic carbocycles. The molecule has 4 heteroatoms. The highest BCUT2D eigenvalue weighted by molar-refractivity contribution is 5.82. The van der Waals surface area contributed by atoms with Gasteiger partial charge in [0.2, 0.25) is 5.91 Å². The maximum Gasteiger partial charge on any atom is 0.237 e. The predicted molar refractivity (Wildman–Crippen MR) is 90.1 cm³/mol. The van der Waals surface area contributed by atoms with Crippen molar-refractivity contribution in [1.29, 1.82) is 0 Å². The van der Waals surface area contributed by atoms with Crippen LogP contribution in [0.4, 0.5) is 5.69 Å². The average Bonchev–Trinajstić information content (AvgIpc) is 3.10. The zero-order valence-electron chi connectivity index (χ0n) is 13.5. The van der Waals surface area contributed by atoms with Gasteiger partial charge in [0.1, 0.15) is 0 Å². The maximum atomic E-state index is 12.3. The number of piperidine rings is 1. The van der Waals surface area contributed by atoms with Gasteiger partial charge in [0.25, 0.3) is 0 Å². The first-order valence-electron chi connectivity index (χ1n) is 8.63. The third-order valence-corrected chi connectivity index (χ3v) is 4.83. The van der Waals surface area contributed by atoms with Crippen LogP contribution in [0.5, 0.6) is 0 Å². The number of rotatable bonds is 4. The lowest BCUT2D eigenvalue weighted by Gasteiger charge is -2.25. The average molecular weight is 301 g/mol. The van der Waals surface area contributed by atoms with E-state index >= 15 is 0 Å². The molecule has 0 aromatic heterocycles. The number of amides is 1. The number of anilines is 1. The van der Waals surface area contributed by atoms with Crippen LogP contribution in [0.1, 0.15) is 50.6 Å². The van der Waals surface area contributed by atoms with Gasteiger partial charge in [-0.05, 0) is 56.8 Å². The summed E-state index contributed by atoms with van der Waals surface area (Å²) in [6, 6.07) is 8.65. The third-order valence-electron chi connectivity index (χ3n) is 4.83. The molecular weight excluding hydrogens is 274 g/mol. The van der Waals surface area contributed by atoms with Crippen LogP contribution in [0.25, 0.3) is 0 Å². The van der Waals surface area contributed by atoms with Crippen molar-refractivity contribution in [2.24, 2.45) is 0 Å². The molecule has 2 aliphatic rings. The number of nitrogens with zero attached hydrogens (tertiary/aromatic N) is 1. The van der Waals surface area contributed by atoms with E-state index in [1.165, 1.54) is 30.5 Å². The normalized spacial score (nSPS) is 23.3. The number of hydrogen-bond acceptors (Lipinski definition) is 3. The van der Waals surface area contributed by atoms with Crippen LogP contribution in [0.3, 0.4) is 0 Å². The zero-order chi connectivity index (χ0) is 15.4. The van der Waals surface area contributed by atoms with Gasteiger partial charge in [0, 0.05) is 18.8 Å². The highest BCUT2D eigenvalue weighted by atomic mass is 16.2. The molecule has 22 heavy (non-hydrogen) atoms. The SMILES string of the molecule is CC(NC(=O)[C@H]1CCCCN1)c1cccc(N2CCCC2)c1. The van der Waals surface area contributed by atoms with Crippen molar-refractivity contribution in [2.45, 2.75) is 51.1 Å². The first-order chi connectivity index (χ1) is 10.7. The van der Waals surface area contributed by atoms with Gasteiger partial charge in [-0.3, -0.25) is 4.79 Å². The molecule has 0 spiro atoms. The Bertz CT molecular complexity index is 505. The molecule has 120 valence electrons. The monoisotopic (exact) mass is 301 g/mol. The van der Waals surface area contributed by atoms with Gasteiger partial charge in [-0.1, -0.05) is 18.6 Å². The molecule has 4 nitrogen and oxygen atoms in total. The lowest BCUT2D eigenvalue weighted by Crippen LogP contribution is -2.47. The van der Waals surface area contributed by atoms with Gasteiger partial charge in [-0.2, -0.15) is 0 Å². The maximum absolute atomic E-state index is 12.3. The van der Waals surface area contributed by atoms with E-state index in [2.05, 4.69) is 46.7 Å². The molecule has 2 heterocycles. The Morgan fingerprint density at radius 1 is 1.27 bits per heavy atom. The standard InChI is InChI=1S/C18H27N3O/c1-14(20-18(22)17-9-2-3-10-19-17)15-7-6-8-16(13-15)21-11-4-5-12-21/h6-8,13-14,17,19H,2-5,9-12H2,1H3,(H,20,22)/t14?,17-/m1/s1. The number of benzene rings is 1. The second kappa shape index (κ2) is 7.14. The summed E-state index contributed by atoms with van der Waals surface area (Å²) in [7, 11) is 0. The Morgan fingerprint density at radius 3 is 2.82 bits per heavy atom. The summed E-state index contributed by atoms with van der Waals surface area (Å²) in [5, 5.41) is 6.48. The quantitative estimate of drug-likeness (QED) is 0.898. The Labute approximate surface area is 133 Å². The van der Waals surface area contributed by atoms with E-state index < -0.39 is 0 Å². The van der Waals surface area contributed by atoms with Gasteiger partial charge in [0.15, 0.2) is 0 Å². The van der Waals surface area contributed by atoms with Gasteiger partial charge in [-0.25, -0.2) is 0 Å².